The summed E-state index contributed by atoms with van der Waals surface area (Å²) in [4.78, 5) is 12.5. The van der Waals surface area contributed by atoms with Crippen molar-refractivity contribution in [3.05, 3.63) is 0 Å². The van der Waals surface area contributed by atoms with Crippen molar-refractivity contribution in [1.82, 2.24) is 4.90 Å². The molecule has 0 N–H and O–H groups in total. The Hall–Kier alpha value is -0.810. The zero-order valence-corrected chi connectivity index (χ0v) is 8.42. The molecule has 0 aliphatic carbocycles. The van der Waals surface area contributed by atoms with Crippen LogP contribution in [0.5, 0.6) is 0 Å². The minimum absolute atomic E-state index is 0.445. The van der Waals surface area contributed by atoms with E-state index in [2.05, 4.69) is 30.6 Å². The van der Waals surface area contributed by atoms with Gasteiger partial charge in [-0.15, -0.1) is 0 Å². The minimum atomic E-state index is 0.445. The van der Waals surface area contributed by atoms with Gasteiger partial charge in [0, 0.05) is 12.0 Å². The minimum Gasteiger partial charge on any atom is -0.301 e. The Kier molecular flexibility index (Phi) is 3.98. The van der Waals surface area contributed by atoms with Crippen LogP contribution >= 0.6 is 0 Å². The van der Waals surface area contributed by atoms with E-state index in [1.54, 1.807) is 0 Å². The van der Waals surface area contributed by atoms with Crippen molar-refractivity contribution in [3.8, 4) is 11.8 Å². The second-order valence-corrected chi connectivity index (χ2v) is 3.81. The van der Waals surface area contributed by atoms with Crippen molar-refractivity contribution in [2.45, 2.75) is 32.7 Å². The van der Waals surface area contributed by atoms with Crippen LogP contribution in [0.1, 0.15) is 26.7 Å². The predicted molar refractivity (Wildman–Crippen MR) is 53.3 cm³/mol. The molecule has 72 valence electrons. The topological polar surface area (TPSA) is 20.3 Å². The van der Waals surface area contributed by atoms with Gasteiger partial charge >= 0.3 is 0 Å². The smallest absolute Gasteiger partial charge is 0.192 e. The molecule has 1 heterocycles. The molecule has 1 aliphatic rings. The zero-order valence-electron chi connectivity index (χ0n) is 8.42. The first-order chi connectivity index (χ1) is 6.24. The van der Waals surface area contributed by atoms with Crippen molar-refractivity contribution in [2.75, 3.05) is 13.1 Å². The van der Waals surface area contributed by atoms with E-state index in [1.165, 1.54) is 0 Å². The number of carbonyl (C=O) groups is 1. The molecule has 0 aromatic heterocycles. The fourth-order valence-electron chi connectivity index (χ4n) is 1.71. The summed E-state index contributed by atoms with van der Waals surface area (Å²) < 4.78 is 0. The maximum atomic E-state index is 10.0. The average Bonchev–Trinajstić information content (AvgIpc) is 2.15. The first-order valence-electron chi connectivity index (χ1n) is 4.92. The molecule has 0 spiro atoms. The fraction of sp³-hybridized carbons (Fsp3) is 0.727. The molecular weight excluding hydrogens is 162 g/mol. The van der Waals surface area contributed by atoms with Crippen LogP contribution in [-0.2, 0) is 4.79 Å². The zero-order chi connectivity index (χ0) is 9.68. The third-order valence-electron chi connectivity index (χ3n) is 2.61. The molecule has 2 heteroatoms. The lowest BCUT2D eigenvalue weighted by Gasteiger charge is -2.32. The van der Waals surface area contributed by atoms with Gasteiger partial charge in [0.25, 0.3) is 0 Å². The van der Waals surface area contributed by atoms with Gasteiger partial charge in [0.2, 0.25) is 0 Å². The van der Waals surface area contributed by atoms with E-state index < -0.39 is 0 Å². The highest BCUT2D eigenvalue weighted by Crippen LogP contribution is 2.17. The van der Waals surface area contributed by atoms with Crippen molar-refractivity contribution < 1.29 is 4.79 Å². The van der Waals surface area contributed by atoms with E-state index in [9.17, 15) is 4.79 Å². The van der Waals surface area contributed by atoms with Crippen molar-refractivity contribution in [1.29, 1.82) is 0 Å². The number of likely N-dealkylation sites (tertiary alicyclic amines) is 1. The van der Waals surface area contributed by atoms with E-state index in [1.807, 2.05) is 0 Å². The van der Waals surface area contributed by atoms with E-state index in [4.69, 9.17) is 0 Å². The van der Waals surface area contributed by atoms with Crippen LogP contribution in [0.25, 0.3) is 0 Å². The summed E-state index contributed by atoms with van der Waals surface area (Å²) >= 11 is 0. The van der Waals surface area contributed by atoms with Gasteiger partial charge in [-0.25, -0.2) is 0 Å². The molecule has 0 amide bonds. The van der Waals surface area contributed by atoms with Crippen LogP contribution in [0.3, 0.4) is 0 Å². The summed E-state index contributed by atoms with van der Waals surface area (Å²) in [5.41, 5.74) is 0. The van der Waals surface area contributed by atoms with Crippen LogP contribution in [-0.4, -0.2) is 30.3 Å². The van der Waals surface area contributed by atoms with E-state index >= 15 is 0 Å². The number of carbonyl (C=O) groups excluding carboxylic acids is 1. The van der Waals surface area contributed by atoms with Crippen molar-refractivity contribution in [3.63, 3.8) is 0 Å². The molecule has 0 aromatic rings. The van der Waals surface area contributed by atoms with Crippen LogP contribution in [0.15, 0.2) is 0 Å². The highest BCUT2D eigenvalue weighted by molar-refractivity contribution is 5.72. The molecule has 1 aliphatic heterocycles. The Bertz CT molecular complexity index is 216. The van der Waals surface area contributed by atoms with Gasteiger partial charge in [-0.1, -0.05) is 5.92 Å². The lowest BCUT2D eigenvalue weighted by Crippen LogP contribution is -2.38. The molecule has 1 saturated heterocycles. The number of hydrogen-bond donors (Lipinski definition) is 0. The molecule has 0 saturated carbocycles. The van der Waals surface area contributed by atoms with Crippen LogP contribution in [0.2, 0.25) is 0 Å². The predicted octanol–water partition coefficient (Wildman–Crippen LogP) is 1.31. The monoisotopic (exact) mass is 179 g/mol. The molecule has 0 unspecified atom stereocenters. The second kappa shape index (κ2) is 5.04. The molecule has 0 bridgehead atoms. The van der Waals surface area contributed by atoms with E-state index in [0.29, 0.717) is 18.2 Å². The van der Waals surface area contributed by atoms with Gasteiger partial charge in [0.15, 0.2) is 6.29 Å². The Morgan fingerprint density at radius 3 is 2.46 bits per heavy atom. The lowest BCUT2D eigenvalue weighted by molar-refractivity contribution is -0.103. The Morgan fingerprint density at radius 2 is 2.00 bits per heavy atom. The van der Waals surface area contributed by atoms with Gasteiger partial charge in [0.1, 0.15) is 0 Å². The van der Waals surface area contributed by atoms with Crippen LogP contribution in [0, 0.1) is 17.8 Å². The summed E-state index contributed by atoms with van der Waals surface area (Å²) in [6, 6.07) is 0.639. The maximum absolute atomic E-state index is 10.0. The maximum Gasteiger partial charge on any atom is 0.192 e. The van der Waals surface area contributed by atoms with Gasteiger partial charge in [-0.3, -0.25) is 4.79 Å². The number of rotatable bonds is 1. The van der Waals surface area contributed by atoms with Gasteiger partial charge in [-0.2, -0.15) is 0 Å². The SMILES string of the molecule is CC(C)N1CCC(C#CC=O)CC1. The Morgan fingerprint density at radius 1 is 1.38 bits per heavy atom. The number of nitrogens with zero attached hydrogens (tertiary/aromatic N) is 1. The molecule has 1 fully saturated rings. The van der Waals surface area contributed by atoms with Crippen LogP contribution in [0.4, 0.5) is 0 Å². The molecular formula is C11H17NO. The third-order valence-corrected chi connectivity index (χ3v) is 2.61. The summed E-state index contributed by atoms with van der Waals surface area (Å²) in [7, 11) is 0. The standard InChI is InChI=1S/C11H17NO/c1-10(2)12-7-5-11(6-8-12)4-3-9-13/h9-11H,5-8H2,1-2H3. The molecule has 13 heavy (non-hydrogen) atoms. The molecule has 2 nitrogen and oxygen atoms in total. The van der Waals surface area contributed by atoms with Gasteiger partial charge in [0.05, 0.1) is 0 Å². The van der Waals surface area contributed by atoms with E-state index in [0.717, 1.165) is 25.9 Å². The molecule has 0 atom stereocenters. The highest BCUT2D eigenvalue weighted by atomic mass is 16.1. The Labute approximate surface area is 80.3 Å². The lowest BCUT2D eigenvalue weighted by atomic mass is 9.97. The summed E-state index contributed by atoms with van der Waals surface area (Å²) in [6.07, 6.45) is 2.91. The average molecular weight is 179 g/mol. The second-order valence-electron chi connectivity index (χ2n) is 3.81. The largest absolute Gasteiger partial charge is 0.301 e. The normalized spacial score (nSPS) is 19.6. The van der Waals surface area contributed by atoms with E-state index in [-0.39, 0.29) is 0 Å². The number of piperidine rings is 1. The first kappa shape index (κ1) is 10.3. The highest BCUT2D eigenvalue weighted by Gasteiger charge is 2.18. The van der Waals surface area contributed by atoms with Crippen LogP contribution < -0.4 is 0 Å². The Balaban J connectivity index is 2.34. The summed E-state index contributed by atoms with van der Waals surface area (Å²) in [5.74, 6) is 5.94. The van der Waals surface area contributed by atoms with Crippen molar-refractivity contribution in [2.24, 2.45) is 5.92 Å². The third kappa shape index (κ3) is 3.20. The first-order valence-corrected chi connectivity index (χ1v) is 4.92. The van der Waals surface area contributed by atoms with Gasteiger partial charge < -0.3 is 4.90 Å². The van der Waals surface area contributed by atoms with Crippen molar-refractivity contribution >= 4 is 6.29 Å². The molecule has 0 aromatic carbocycles. The summed E-state index contributed by atoms with van der Waals surface area (Å²) in [5, 5.41) is 0. The fourth-order valence-corrected chi connectivity index (χ4v) is 1.71. The molecule has 1 rings (SSSR count). The summed E-state index contributed by atoms with van der Waals surface area (Å²) in [6.45, 7) is 6.68. The number of hydrogen-bond acceptors (Lipinski definition) is 2. The number of aldehydes is 1. The van der Waals surface area contributed by atoms with Gasteiger partial charge in [-0.05, 0) is 45.7 Å². The molecule has 0 radical (unpaired) electrons. The quantitative estimate of drug-likeness (QED) is 0.447.